The standard InChI is InChI=1S/C19H17N3O4S2/c1-26-16-6-2-14(3-7-16)18(23)10-11-20-15-4-8-17(9-5-15)28(24,25)22-19-21-12-13-27-19/h2-13,20H,1H3,(H,21,22)/b11-10+. The van der Waals surface area contributed by atoms with Crippen molar-refractivity contribution in [1.29, 1.82) is 0 Å². The molecule has 0 saturated carbocycles. The maximum Gasteiger partial charge on any atom is 0.263 e. The van der Waals surface area contributed by atoms with Crippen molar-refractivity contribution in [2.75, 3.05) is 17.1 Å². The fourth-order valence-electron chi connectivity index (χ4n) is 2.24. The molecule has 0 spiro atoms. The fraction of sp³-hybridized carbons (Fsp3) is 0.0526. The van der Waals surface area contributed by atoms with Gasteiger partial charge in [-0.1, -0.05) is 0 Å². The number of methoxy groups -OCH3 is 1. The van der Waals surface area contributed by atoms with Crippen LogP contribution in [0.2, 0.25) is 0 Å². The second-order valence-corrected chi connectivity index (χ2v) is 8.11. The zero-order valence-corrected chi connectivity index (χ0v) is 16.5. The third-order valence-electron chi connectivity index (χ3n) is 3.68. The number of sulfonamides is 1. The molecule has 1 aromatic heterocycles. The number of carbonyl (C=O) groups excluding carboxylic acids is 1. The number of hydrogen-bond acceptors (Lipinski definition) is 7. The lowest BCUT2D eigenvalue weighted by molar-refractivity contribution is 0.104. The van der Waals surface area contributed by atoms with Gasteiger partial charge >= 0.3 is 0 Å². The number of ether oxygens (including phenoxy) is 1. The van der Waals surface area contributed by atoms with E-state index in [0.29, 0.717) is 22.1 Å². The lowest BCUT2D eigenvalue weighted by atomic mass is 10.1. The average Bonchev–Trinajstić information content (AvgIpc) is 3.20. The minimum absolute atomic E-state index is 0.117. The van der Waals surface area contributed by atoms with E-state index < -0.39 is 10.0 Å². The number of allylic oxidation sites excluding steroid dienone is 1. The van der Waals surface area contributed by atoms with Crippen molar-refractivity contribution in [1.82, 2.24) is 4.98 Å². The summed E-state index contributed by atoms with van der Waals surface area (Å²) < 4.78 is 32.0. The van der Waals surface area contributed by atoms with E-state index in [2.05, 4.69) is 15.0 Å². The number of thiazole rings is 1. The van der Waals surface area contributed by atoms with Crippen molar-refractivity contribution in [3.63, 3.8) is 0 Å². The van der Waals surface area contributed by atoms with Gasteiger partial charge in [-0.25, -0.2) is 13.4 Å². The maximum absolute atomic E-state index is 12.3. The van der Waals surface area contributed by atoms with Crippen molar-refractivity contribution in [3.8, 4) is 5.75 Å². The van der Waals surface area contributed by atoms with E-state index in [0.717, 1.165) is 0 Å². The fourth-order valence-corrected chi connectivity index (χ4v) is 4.03. The molecule has 3 rings (SSSR count). The van der Waals surface area contributed by atoms with Gasteiger partial charge in [-0.2, -0.15) is 0 Å². The molecule has 3 aromatic rings. The molecule has 0 aliphatic rings. The largest absolute Gasteiger partial charge is 0.497 e. The second kappa shape index (κ2) is 8.68. The predicted molar refractivity (Wildman–Crippen MR) is 109 cm³/mol. The zero-order valence-electron chi connectivity index (χ0n) is 14.8. The number of aromatic nitrogens is 1. The quantitative estimate of drug-likeness (QED) is 0.429. The number of hydrogen-bond donors (Lipinski definition) is 2. The summed E-state index contributed by atoms with van der Waals surface area (Å²) in [7, 11) is -2.13. The number of benzene rings is 2. The molecule has 9 heteroatoms. The second-order valence-electron chi connectivity index (χ2n) is 5.54. The molecule has 7 nitrogen and oxygen atoms in total. The monoisotopic (exact) mass is 415 g/mol. The highest BCUT2D eigenvalue weighted by Crippen LogP contribution is 2.19. The number of anilines is 2. The summed E-state index contributed by atoms with van der Waals surface area (Å²) in [6.07, 6.45) is 4.43. The van der Waals surface area contributed by atoms with Gasteiger partial charge in [0.05, 0.1) is 12.0 Å². The average molecular weight is 415 g/mol. The Morgan fingerprint density at radius 2 is 1.82 bits per heavy atom. The summed E-state index contributed by atoms with van der Waals surface area (Å²) >= 11 is 1.20. The molecule has 0 aliphatic heterocycles. The van der Waals surface area contributed by atoms with E-state index in [4.69, 9.17) is 4.74 Å². The number of nitrogens with one attached hydrogen (secondary N) is 2. The van der Waals surface area contributed by atoms with Gasteiger partial charge in [0.1, 0.15) is 5.75 Å². The van der Waals surface area contributed by atoms with Crippen LogP contribution in [0.4, 0.5) is 10.8 Å². The van der Waals surface area contributed by atoms with Crippen LogP contribution in [0.1, 0.15) is 10.4 Å². The molecule has 0 radical (unpaired) electrons. The first-order valence-electron chi connectivity index (χ1n) is 8.12. The van der Waals surface area contributed by atoms with Gasteiger partial charge in [-0.3, -0.25) is 9.52 Å². The van der Waals surface area contributed by atoms with Crippen molar-refractivity contribution in [3.05, 3.63) is 77.9 Å². The molecule has 0 atom stereocenters. The predicted octanol–water partition coefficient (Wildman–Crippen LogP) is 3.76. The van der Waals surface area contributed by atoms with E-state index in [1.165, 1.54) is 41.9 Å². The Balaban J connectivity index is 1.60. The Morgan fingerprint density at radius 1 is 1.11 bits per heavy atom. The van der Waals surface area contributed by atoms with Gasteiger partial charge in [-0.15, -0.1) is 11.3 Å². The molecule has 0 fully saturated rings. The van der Waals surface area contributed by atoms with Crippen LogP contribution in [0.5, 0.6) is 5.75 Å². The van der Waals surface area contributed by atoms with Crippen LogP contribution < -0.4 is 14.8 Å². The molecule has 144 valence electrons. The molecule has 0 saturated heterocycles. The summed E-state index contributed by atoms with van der Waals surface area (Å²) in [5.74, 6) is 0.514. The van der Waals surface area contributed by atoms with Gasteiger partial charge in [0.25, 0.3) is 10.0 Å². The van der Waals surface area contributed by atoms with E-state index in [-0.39, 0.29) is 10.7 Å². The van der Waals surface area contributed by atoms with Gasteiger partial charge in [0, 0.05) is 35.1 Å². The molecular formula is C19H17N3O4S2. The summed E-state index contributed by atoms with van der Waals surface area (Å²) in [6.45, 7) is 0. The molecule has 0 bridgehead atoms. The third kappa shape index (κ3) is 4.96. The minimum Gasteiger partial charge on any atom is -0.497 e. The van der Waals surface area contributed by atoms with E-state index >= 15 is 0 Å². The first kappa shape index (κ1) is 19.6. The van der Waals surface area contributed by atoms with Crippen LogP contribution >= 0.6 is 11.3 Å². The summed E-state index contributed by atoms with van der Waals surface area (Å²) in [4.78, 5) is 16.1. The highest BCUT2D eigenvalue weighted by atomic mass is 32.2. The van der Waals surface area contributed by atoms with E-state index in [9.17, 15) is 13.2 Å². The Hall–Kier alpha value is -3.17. The van der Waals surface area contributed by atoms with Crippen molar-refractivity contribution >= 4 is 38.0 Å². The molecule has 28 heavy (non-hydrogen) atoms. The first-order valence-corrected chi connectivity index (χ1v) is 10.5. The van der Waals surface area contributed by atoms with E-state index in [1.54, 1.807) is 48.9 Å². The SMILES string of the molecule is COc1ccc(C(=O)/C=C/Nc2ccc(S(=O)(=O)Nc3nccs3)cc2)cc1. The van der Waals surface area contributed by atoms with Gasteiger partial charge < -0.3 is 10.1 Å². The lowest BCUT2D eigenvalue weighted by Gasteiger charge is -2.06. The Labute approximate surface area is 166 Å². The Bertz CT molecular complexity index is 1060. The lowest BCUT2D eigenvalue weighted by Crippen LogP contribution is -2.12. The number of ketones is 1. The summed E-state index contributed by atoms with van der Waals surface area (Å²) in [6, 6.07) is 13.0. The van der Waals surface area contributed by atoms with Crippen LogP contribution in [0.15, 0.2) is 77.3 Å². The highest BCUT2D eigenvalue weighted by Gasteiger charge is 2.15. The Kier molecular flexibility index (Phi) is 6.07. The number of nitrogens with zero attached hydrogens (tertiary/aromatic N) is 1. The molecule has 1 heterocycles. The minimum atomic E-state index is -3.69. The van der Waals surface area contributed by atoms with E-state index in [1.807, 2.05) is 0 Å². The molecule has 0 unspecified atom stereocenters. The zero-order chi connectivity index (χ0) is 20.0. The van der Waals surface area contributed by atoms with Crippen LogP contribution in [0, 0.1) is 0 Å². The molecule has 2 aromatic carbocycles. The third-order valence-corrected chi connectivity index (χ3v) is 5.85. The molecule has 0 amide bonds. The van der Waals surface area contributed by atoms with Crippen LogP contribution in [-0.4, -0.2) is 26.3 Å². The van der Waals surface area contributed by atoms with Crippen LogP contribution in [0.3, 0.4) is 0 Å². The molecule has 2 N–H and O–H groups in total. The highest BCUT2D eigenvalue weighted by molar-refractivity contribution is 7.93. The smallest absolute Gasteiger partial charge is 0.263 e. The number of carbonyl (C=O) groups is 1. The van der Waals surface area contributed by atoms with Crippen molar-refractivity contribution < 1.29 is 17.9 Å². The topological polar surface area (TPSA) is 97.4 Å². The summed E-state index contributed by atoms with van der Waals surface area (Å²) in [5, 5.41) is 4.93. The van der Waals surface area contributed by atoms with Gasteiger partial charge in [-0.05, 0) is 48.5 Å². The first-order chi connectivity index (χ1) is 13.5. The summed E-state index contributed by atoms with van der Waals surface area (Å²) in [5.41, 5.74) is 1.18. The van der Waals surface area contributed by atoms with Gasteiger partial charge in [0.2, 0.25) is 0 Å². The van der Waals surface area contributed by atoms with Crippen LogP contribution in [-0.2, 0) is 10.0 Å². The molecule has 0 aliphatic carbocycles. The van der Waals surface area contributed by atoms with Crippen molar-refractivity contribution in [2.24, 2.45) is 0 Å². The van der Waals surface area contributed by atoms with Gasteiger partial charge in [0.15, 0.2) is 10.9 Å². The number of rotatable bonds is 8. The molecular weight excluding hydrogens is 398 g/mol. The maximum atomic E-state index is 12.3. The normalized spacial score (nSPS) is 11.3. The van der Waals surface area contributed by atoms with Crippen molar-refractivity contribution in [2.45, 2.75) is 4.90 Å². The Morgan fingerprint density at radius 3 is 2.43 bits per heavy atom. The van der Waals surface area contributed by atoms with Crippen LogP contribution in [0.25, 0.3) is 0 Å².